The van der Waals surface area contributed by atoms with E-state index >= 15 is 0 Å². The van der Waals surface area contributed by atoms with Crippen molar-refractivity contribution < 1.29 is 28.6 Å². The van der Waals surface area contributed by atoms with Crippen molar-refractivity contribution >= 4 is 23.3 Å². The highest BCUT2D eigenvalue weighted by molar-refractivity contribution is 6.02. The number of ether oxygens (including phenoxy) is 3. The third-order valence-corrected chi connectivity index (χ3v) is 4.95. The molecule has 0 aliphatic carbocycles. The molecule has 7 heteroatoms. The number of carbonyl (C=O) groups is 3. The van der Waals surface area contributed by atoms with Crippen LogP contribution < -0.4 is 14.4 Å². The number of hydrogen-bond acceptors (Lipinski definition) is 6. The first kappa shape index (κ1) is 21.4. The van der Waals surface area contributed by atoms with Gasteiger partial charge in [-0.05, 0) is 50.2 Å². The molecule has 0 N–H and O–H groups in total. The van der Waals surface area contributed by atoms with Crippen LogP contribution in [-0.2, 0) is 14.3 Å². The highest BCUT2D eigenvalue weighted by Crippen LogP contribution is 2.33. The normalized spacial score (nSPS) is 16.8. The first-order valence-corrected chi connectivity index (χ1v) is 9.85. The maximum atomic E-state index is 12.6. The van der Waals surface area contributed by atoms with Gasteiger partial charge in [0.2, 0.25) is 11.7 Å². The van der Waals surface area contributed by atoms with Crippen molar-refractivity contribution in [2.45, 2.75) is 26.4 Å². The minimum absolute atomic E-state index is 0.0305. The molecule has 1 saturated heterocycles. The van der Waals surface area contributed by atoms with Crippen LogP contribution in [0.1, 0.15) is 30.6 Å². The van der Waals surface area contributed by atoms with Crippen molar-refractivity contribution in [2.24, 2.45) is 5.92 Å². The summed E-state index contributed by atoms with van der Waals surface area (Å²) in [5.74, 6) is -0.474. The van der Waals surface area contributed by atoms with E-state index in [2.05, 4.69) is 0 Å². The van der Waals surface area contributed by atoms with E-state index in [9.17, 15) is 14.4 Å². The third kappa shape index (κ3) is 4.62. The van der Waals surface area contributed by atoms with E-state index in [1.807, 2.05) is 19.1 Å². The lowest BCUT2D eigenvalue weighted by molar-refractivity contribution is -0.151. The molecule has 0 radical (unpaired) electrons. The van der Waals surface area contributed by atoms with Crippen molar-refractivity contribution in [3.05, 3.63) is 54.1 Å². The number of hydrogen-bond donors (Lipinski definition) is 0. The number of anilines is 1. The Balaban J connectivity index is 1.65. The van der Waals surface area contributed by atoms with E-state index in [0.717, 1.165) is 0 Å². The first-order chi connectivity index (χ1) is 14.4. The van der Waals surface area contributed by atoms with Gasteiger partial charge in [-0.1, -0.05) is 12.1 Å². The Kier molecular flexibility index (Phi) is 6.72. The molecule has 2 aromatic rings. The van der Waals surface area contributed by atoms with Crippen molar-refractivity contribution in [1.82, 2.24) is 0 Å². The summed E-state index contributed by atoms with van der Waals surface area (Å²) in [6.07, 6.45) is -0.923. The van der Waals surface area contributed by atoms with E-state index in [1.54, 1.807) is 43.5 Å². The molecule has 0 spiro atoms. The lowest BCUT2D eigenvalue weighted by Gasteiger charge is -2.20. The first-order valence-electron chi connectivity index (χ1n) is 9.85. The molecule has 0 aromatic heterocycles. The standard InChI is InChI=1S/C23H25NO6/c1-4-29-20-8-6-5-7-19(20)24-14-17(13-21(24)25)23(27)30-15(2)22(26)16-9-11-18(28-3)12-10-16/h5-12,15,17H,4,13-14H2,1-3H3/t15-,17-/m1/s1. The Bertz CT molecular complexity index is 924. The molecule has 30 heavy (non-hydrogen) atoms. The van der Waals surface area contributed by atoms with Gasteiger partial charge in [-0.3, -0.25) is 14.4 Å². The maximum Gasteiger partial charge on any atom is 0.312 e. The van der Waals surface area contributed by atoms with E-state index in [1.165, 1.54) is 11.8 Å². The second-order valence-corrected chi connectivity index (χ2v) is 6.98. The van der Waals surface area contributed by atoms with Gasteiger partial charge in [0.05, 0.1) is 25.3 Å². The van der Waals surface area contributed by atoms with Crippen LogP contribution in [0.2, 0.25) is 0 Å². The highest BCUT2D eigenvalue weighted by Gasteiger charge is 2.38. The monoisotopic (exact) mass is 411 g/mol. The second kappa shape index (κ2) is 9.43. The Morgan fingerprint density at radius 3 is 2.50 bits per heavy atom. The van der Waals surface area contributed by atoms with Crippen LogP contribution in [0.15, 0.2) is 48.5 Å². The summed E-state index contributed by atoms with van der Waals surface area (Å²) >= 11 is 0. The number of para-hydroxylation sites is 2. The van der Waals surface area contributed by atoms with Crippen molar-refractivity contribution in [2.75, 3.05) is 25.2 Å². The molecule has 1 aliphatic rings. The van der Waals surface area contributed by atoms with E-state index in [-0.39, 0.29) is 24.7 Å². The van der Waals surface area contributed by atoms with Gasteiger partial charge in [0, 0.05) is 18.5 Å². The predicted molar refractivity (Wildman–Crippen MR) is 111 cm³/mol. The van der Waals surface area contributed by atoms with Gasteiger partial charge >= 0.3 is 5.97 Å². The Labute approximate surface area is 175 Å². The molecule has 2 aromatic carbocycles. The van der Waals surface area contributed by atoms with Crippen LogP contribution in [0.3, 0.4) is 0 Å². The van der Waals surface area contributed by atoms with Crippen LogP contribution in [0.4, 0.5) is 5.69 Å². The zero-order valence-corrected chi connectivity index (χ0v) is 17.3. The largest absolute Gasteiger partial charge is 0.497 e. The van der Waals surface area contributed by atoms with Crippen LogP contribution in [0, 0.1) is 5.92 Å². The molecule has 1 fully saturated rings. The number of ketones is 1. The van der Waals surface area contributed by atoms with Gasteiger partial charge < -0.3 is 19.1 Å². The van der Waals surface area contributed by atoms with Gasteiger partial charge in [0.1, 0.15) is 11.5 Å². The minimum atomic E-state index is -0.953. The Morgan fingerprint density at radius 1 is 1.13 bits per heavy atom. The number of carbonyl (C=O) groups excluding carboxylic acids is 3. The number of nitrogens with zero attached hydrogens (tertiary/aromatic N) is 1. The van der Waals surface area contributed by atoms with Gasteiger partial charge in [-0.15, -0.1) is 0 Å². The van der Waals surface area contributed by atoms with Crippen molar-refractivity contribution in [1.29, 1.82) is 0 Å². The second-order valence-electron chi connectivity index (χ2n) is 6.98. The number of rotatable bonds is 8. The fraction of sp³-hybridized carbons (Fsp3) is 0.348. The average molecular weight is 411 g/mol. The molecule has 3 rings (SSSR count). The summed E-state index contributed by atoms with van der Waals surface area (Å²) in [6.45, 7) is 4.05. The van der Waals surface area contributed by atoms with Gasteiger partial charge in [0.25, 0.3) is 0 Å². The third-order valence-electron chi connectivity index (χ3n) is 4.95. The topological polar surface area (TPSA) is 82.1 Å². The summed E-state index contributed by atoms with van der Waals surface area (Å²) in [5, 5.41) is 0. The molecular weight excluding hydrogens is 386 g/mol. The summed E-state index contributed by atoms with van der Waals surface area (Å²) < 4.78 is 16.1. The Hall–Kier alpha value is -3.35. The molecule has 1 aliphatic heterocycles. The lowest BCUT2D eigenvalue weighted by Crippen LogP contribution is -2.30. The van der Waals surface area contributed by atoms with E-state index < -0.39 is 18.0 Å². The highest BCUT2D eigenvalue weighted by atomic mass is 16.5. The van der Waals surface area contributed by atoms with Crippen LogP contribution >= 0.6 is 0 Å². The molecular formula is C23H25NO6. The summed E-state index contributed by atoms with van der Waals surface area (Å²) in [6, 6.07) is 13.8. The minimum Gasteiger partial charge on any atom is -0.497 e. The molecule has 158 valence electrons. The molecule has 1 heterocycles. The van der Waals surface area contributed by atoms with E-state index in [4.69, 9.17) is 14.2 Å². The summed E-state index contributed by atoms with van der Waals surface area (Å²) in [5.41, 5.74) is 1.05. The number of esters is 1. The maximum absolute atomic E-state index is 12.6. The van der Waals surface area contributed by atoms with Crippen molar-refractivity contribution in [3.8, 4) is 11.5 Å². The average Bonchev–Trinajstić information content (AvgIpc) is 3.15. The number of Topliss-reactive ketones (excluding diaryl/α,β-unsaturated/α-hetero) is 1. The molecule has 0 saturated carbocycles. The summed E-state index contributed by atoms with van der Waals surface area (Å²) in [4.78, 5) is 39.2. The number of amides is 1. The zero-order chi connectivity index (χ0) is 21.7. The quantitative estimate of drug-likeness (QED) is 0.490. The van der Waals surface area contributed by atoms with Crippen LogP contribution in [-0.4, -0.2) is 44.0 Å². The summed E-state index contributed by atoms with van der Waals surface area (Å²) in [7, 11) is 1.54. The lowest BCUT2D eigenvalue weighted by atomic mass is 10.1. The molecule has 1 amide bonds. The SMILES string of the molecule is CCOc1ccccc1N1C[C@H](C(=O)O[C@H](C)C(=O)c2ccc(OC)cc2)CC1=O. The van der Waals surface area contributed by atoms with Gasteiger partial charge in [-0.2, -0.15) is 0 Å². The molecule has 0 bridgehead atoms. The fourth-order valence-electron chi connectivity index (χ4n) is 3.37. The van der Waals surface area contributed by atoms with Crippen molar-refractivity contribution in [3.63, 3.8) is 0 Å². The number of benzene rings is 2. The molecule has 2 atom stereocenters. The molecule has 0 unspecified atom stereocenters. The smallest absolute Gasteiger partial charge is 0.312 e. The van der Waals surface area contributed by atoms with Gasteiger partial charge in [-0.25, -0.2) is 0 Å². The number of methoxy groups -OCH3 is 1. The van der Waals surface area contributed by atoms with Gasteiger partial charge in [0.15, 0.2) is 6.10 Å². The predicted octanol–water partition coefficient (Wildman–Crippen LogP) is 3.26. The fourth-order valence-corrected chi connectivity index (χ4v) is 3.37. The molecule has 7 nitrogen and oxygen atoms in total. The van der Waals surface area contributed by atoms with Crippen LogP contribution in [0.25, 0.3) is 0 Å². The Morgan fingerprint density at radius 2 is 1.83 bits per heavy atom. The zero-order valence-electron chi connectivity index (χ0n) is 17.3. The van der Waals surface area contributed by atoms with Crippen LogP contribution in [0.5, 0.6) is 11.5 Å². The van der Waals surface area contributed by atoms with E-state index in [0.29, 0.717) is 29.4 Å².